The molecule has 134 valence electrons. The topological polar surface area (TPSA) is 72.5 Å². The van der Waals surface area contributed by atoms with Crippen LogP contribution >= 0.6 is 11.3 Å². The van der Waals surface area contributed by atoms with Crippen LogP contribution in [-0.4, -0.2) is 36.4 Å². The molecule has 2 atom stereocenters. The molecule has 6 nitrogen and oxygen atoms in total. The second-order valence-electron chi connectivity index (χ2n) is 5.76. The number of benzene rings is 1. The molecule has 1 fully saturated rings. The van der Waals surface area contributed by atoms with Crippen molar-refractivity contribution in [3.63, 3.8) is 0 Å². The Morgan fingerprint density at radius 1 is 1.48 bits per heavy atom. The van der Waals surface area contributed by atoms with Crippen molar-refractivity contribution in [1.82, 2.24) is 15.6 Å². The van der Waals surface area contributed by atoms with E-state index in [4.69, 9.17) is 9.47 Å². The van der Waals surface area contributed by atoms with Crippen molar-refractivity contribution < 1.29 is 18.7 Å². The molecule has 1 saturated heterocycles. The second-order valence-corrected chi connectivity index (χ2v) is 6.47. The number of thiazole rings is 1. The van der Waals surface area contributed by atoms with E-state index in [1.807, 2.05) is 5.38 Å². The zero-order chi connectivity index (χ0) is 17.5. The van der Waals surface area contributed by atoms with Gasteiger partial charge in [0.25, 0.3) is 0 Å². The Morgan fingerprint density at radius 3 is 3.20 bits per heavy atom. The summed E-state index contributed by atoms with van der Waals surface area (Å²) in [4.78, 5) is 16.3. The summed E-state index contributed by atoms with van der Waals surface area (Å²) in [5.41, 5.74) is 3.33. The minimum atomic E-state index is -0.320. The van der Waals surface area contributed by atoms with E-state index in [9.17, 15) is 9.18 Å². The number of nitrogens with zero attached hydrogens (tertiary/aromatic N) is 1. The third kappa shape index (κ3) is 5.48. The Morgan fingerprint density at radius 2 is 2.40 bits per heavy atom. The van der Waals surface area contributed by atoms with Crippen LogP contribution in [0.3, 0.4) is 0 Å². The van der Waals surface area contributed by atoms with E-state index in [1.165, 1.54) is 23.5 Å². The lowest BCUT2D eigenvalue weighted by Crippen LogP contribution is -2.52. The summed E-state index contributed by atoms with van der Waals surface area (Å²) in [6.07, 6.45) is 0.449. The van der Waals surface area contributed by atoms with Gasteiger partial charge in [-0.3, -0.25) is 0 Å². The van der Waals surface area contributed by atoms with Crippen molar-refractivity contribution >= 4 is 17.4 Å². The predicted molar refractivity (Wildman–Crippen MR) is 91.7 cm³/mol. The van der Waals surface area contributed by atoms with Crippen LogP contribution in [0.5, 0.6) is 0 Å². The van der Waals surface area contributed by atoms with Gasteiger partial charge in [-0.2, -0.15) is 0 Å². The van der Waals surface area contributed by atoms with Crippen LogP contribution < -0.4 is 10.6 Å². The van der Waals surface area contributed by atoms with Crippen LogP contribution in [0, 0.1) is 5.82 Å². The standard InChI is InChI=1S/C17H20FN3O3S/c18-13-3-1-2-12(6-13)7-19-17(22)21-15-4-5-23-9-16(15)24-8-14-10-25-11-20-14/h1-3,6,10-11,15-16H,4-5,7-9H2,(H2,19,21,22)/t15-,16-/m1/s1. The summed E-state index contributed by atoms with van der Waals surface area (Å²) in [5.74, 6) is -0.320. The number of hydrogen-bond acceptors (Lipinski definition) is 5. The van der Waals surface area contributed by atoms with Gasteiger partial charge in [0.15, 0.2) is 0 Å². The van der Waals surface area contributed by atoms with E-state index >= 15 is 0 Å². The van der Waals surface area contributed by atoms with Crippen LogP contribution in [0.1, 0.15) is 17.7 Å². The highest BCUT2D eigenvalue weighted by Gasteiger charge is 2.28. The van der Waals surface area contributed by atoms with E-state index in [2.05, 4.69) is 15.6 Å². The first-order valence-electron chi connectivity index (χ1n) is 8.06. The van der Waals surface area contributed by atoms with Crippen LogP contribution in [0.25, 0.3) is 0 Å². The fourth-order valence-electron chi connectivity index (χ4n) is 2.59. The summed E-state index contributed by atoms with van der Waals surface area (Å²) in [6.45, 7) is 1.65. The molecule has 0 saturated carbocycles. The molecule has 0 radical (unpaired) electrons. The van der Waals surface area contributed by atoms with Gasteiger partial charge in [0.05, 0.1) is 30.5 Å². The van der Waals surface area contributed by atoms with E-state index in [1.54, 1.807) is 17.6 Å². The average molecular weight is 365 g/mol. The van der Waals surface area contributed by atoms with Gasteiger partial charge in [-0.25, -0.2) is 14.2 Å². The van der Waals surface area contributed by atoms with Crippen LogP contribution in [0.2, 0.25) is 0 Å². The van der Waals surface area contributed by atoms with Crippen molar-refractivity contribution in [1.29, 1.82) is 0 Å². The molecular formula is C17H20FN3O3S. The molecule has 3 rings (SSSR count). The molecule has 2 aromatic rings. The molecule has 1 aliphatic heterocycles. The molecule has 25 heavy (non-hydrogen) atoms. The Hall–Kier alpha value is -2.03. The average Bonchev–Trinajstić information content (AvgIpc) is 3.13. The van der Waals surface area contributed by atoms with Gasteiger partial charge in [-0.05, 0) is 24.1 Å². The summed E-state index contributed by atoms with van der Waals surface area (Å²) in [6, 6.07) is 5.70. The third-order valence-electron chi connectivity index (χ3n) is 3.89. The number of aromatic nitrogens is 1. The van der Waals surface area contributed by atoms with Gasteiger partial charge in [0, 0.05) is 18.5 Å². The molecule has 0 unspecified atom stereocenters. The molecule has 2 N–H and O–H groups in total. The molecule has 1 aliphatic rings. The van der Waals surface area contributed by atoms with Gasteiger partial charge < -0.3 is 20.1 Å². The summed E-state index contributed by atoms with van der Waals surface area (Å²) >= 11 is 1.51. The van der Waals surface area contributed by atoms with Gasteiger partial charge in [0.1, 0.15) is 11.9 Å². The van der Waals surface area contributed by atoms with E-state index < -0.39 is 0 Å². The summed E-state index contributed by atoms with van der Waals surface area (Å²) in [5, 5.41) is 7.59. The number of halogens is 1. The van der Waals surface area contributed by atoms with E-state index in [0.29, 0.717) is 31.8 Å². The fourth-order valence-corrected chi connectivity index (χ4v) is 3.13. The first-order valence-corrected chi connectivity index (χ1v) is 9.00. The molecule has 8 heteroatoms. The van der Waals surface area contributed by atoms with Gasteiger partial charge >= 0.3 is 6.03 Å². The van der Waals surface area contributed by atoms with Crippen molar-refractivity contribution in [3.05, 3.63) is 52.2 Å². The minimum Gasteiger partial charge on any atom is -0.379 e. The Bertz CT molecular complexity index is 684. The molecule has 0 bridgehead atoms. The maximum absolute atomic E-state index is 13.2. The molecule has 2 amide bonds. The quantitative estimate of drug-likeness (QED) is 0.825. The van der Waals surface area contributed by atoms with Gasteiger partial charge in [-0.15, -0.1) is 11.3 Å². The monoisotopic (exact) mass is 365 g/mol. The van der Waals surface area contributed by atoms with Crippen molar-refractivity contribution in [2.45, 2.75) is 31.7 Å². The van der Waals surface area contributed by atoms with Crippen molar-refractivity contribution in [2.24, 2.45) is 0 Å². The fraction of sp³-hybridized carbons (Fsp3) is 0.412. The van der Waals surface area contributed by atoms with Crippen molar-refractivity contribution in [2.75, 3.05) is 13.2 Å². The van der Waals surface area contributed by atoms with Crippen LogP contribution in [0.4, 0.5) is 9.18 Å². The SMILES string of the molecule is O=C(NCc1cccc(F)c1)N[C@@H]1CCOC[C@H]1OCc1cscn1. The highest BCUT2D eigenvalue weighted by molar-refractivity contribution is 7.07. The molecule has 1 aromatic heterocycles. The number of hydrogen-bond donors (Lipinski definition) is 2. The summed E-state index contributed by atoms with van der Waals surface area (Å²) < 4.78 is 24.5. The van der Waals surface area contributed by atoms with Gasteiger partial charge in [0.2, 0.25) is 0 Å². The van der Waals surface area contributed by atoms with E-state index in [-0.39, 0.29) is 30.5 Å². The largest absolute Gasteiger partial charge is 0.379 e. The Balaban J connectivity index is 1.47. The lowest BCUT2D eigenvalue weighted by atomic mass is 10.1. The zero-order valence-electron chi connectivity index (χ0n) is 13.6. The molecule has 1 aromatic carbocycles. The number of nitrogens with one attached hydrogen (secondary N) is 2. The smallest absolute Gasteiger partial charge is 0.315 e. The number of ether oxygens (including phenoxy) is 2. The first-order chi connectivity index (χ1) is 12.2. The highest BCUT2D eigenvalue weighted by atomic mass is 32.1. The maximum atomic E-state index is 13.2. The number of urea groups is 1. The molecule has 2 heterocycles. The number of carbonyl (C=O) groups excluding carboxylic acids is 1. The van der Waals surface area contributed by atoms with Gasteiger partial charge in [-0.1, -0.05) is 12.1 Å². The third-order valence-corrected chi connectivity index (χ3v) is 4.53. The zero-order valence-corrected chi connectivity index (χ0v) is 14.4. The Labute approximate surface area is 149 Å². The highest BCUT2D eigenvalue weighted by Crippen LogP contribution is 2.14. The second kappa shape index (κ2) is 8.89. The lowest BCUT2D eigenvalue weighted by molar-refractivity contribution is -0.0736. The van der Waals surface area contributed by atoms with E-state index in [0.717, 1.165) is 5.69 Å². The molecule has 0 aliphatic carbocycles. The number of carbonyl (C=O) groups is 1. The molecule has 0 spiro atoms. The first kappa shape index (κ1) is 17.8. The van der Waals surface area contributed by atoms with Crippen LogP contribution in [-0.2, 0) is 22.6 Å². The number of rotatable bonds is 6. The lowest BCUT2D eigenvalue weighted by Gasteiger charge is -2.31. The molecular weight excluding hydrogens is 345 g/mol. The predicted octanol–water partition coefficient (Wildman–Crippen LogP) is 2.46. The van der Waals surface area contributed by atoms with Crippen molar-refractivity contribution in [3.8, 4) is 0 Å². The summed E-state index contributed by atoms with van der Waals surface area (Å²) in [7, 11) is 0. The van der Waals surface area contributed by atoms with Crippen LogP contribution in [0.15, 0.2) is 35.2 Å². The Kier molecular flexibility index (Phi) is 6.32. The minimum absolute atomic E-state index is 0.139. The maximum Gasteiger partial charge on any atom is 0.315 e. The normalized spacial score (nSPS) is 20.2. The number of amides is 2.